The lowest BCUT2D eigenvalue weighted by Crippen LogP contribution is -2.11. The largest absolute Gasteiger partial charge is 0.388 e. The number of aliphatic hydroxyl groups excluding tert-OH is 1. The molecule has 0 saturated heterocycles. The van der Waals surface area contributed by atoms with E-state index < -0.39 is 39.0 Å². The van der Waals surface area contributed by atoms with E-state index in [2.05, 4.69) is 0 Å². The van der Waals surface area contributed by atoms with E-state index in [-0.39, 0.29) is 24.3 Å². The van der Waals surface area contributed by atoms with E-state index in [0.29, 0.717) is 12.1 Å². The zero-order valence-electron chi connectivity index (χ0n) is 10.4. The Morgan fingerprint density at radius 1 is 1.21 bits per heavy atom. The normalized spacial score (nSPS) is 13.5. The van der Waals surface area contributed by atoms with Gasteiger partial charge in [-0.15, -0.1) is 0 Å². The van der Waals surface area contributed by atoms with Gasteiger partial charge in [0.15, 0.2) is 0 Å². The van der Waals surface area contributed by atoms with E-state index in [1.165, 1.54) is 6.92 Å². The second-order valence-electron chi connectivity index (χ2n) is 4.18. The molecule has 0 amide bonds. The molecule has 3 nitrogen and oxygen atoms in total. The van der Waals surface area contributed by atoms with Crippen molar-refractivity contribution in [1.29, 1.82) is 0 Å². The summed E-state index contributed by atoms with van der Waals surface area (Å²) in [6.07, 6.45) is -1.53. The van der Waals surface area contributed by atoms with Crippen molar-refractivity contribution in [2.45, 2.75) is 25.9 Å². The fraction of sp³-hybridized carbons (Fsp3) is 0.500. The molecular weight excluding hydrogens is 281 g/mol. The monoisotopic (exact) mass is 296 g/mol. The molecule has 0 aliphatic carbocycles. The first-order chi connectivity index (χ1) is 8.76. The molecule has 1 rings (SSSR count). The molecule has 0 fully saturated rings. The highest BCUT2D eigenvalue weighted by Gasteiger charge is 2.20. The summed E-state index contributed by atoms with van der Waals surface area (Å²) in [5, 5.41) is 9.65. The quantitative estimate of drug-likeness (QED) is 0.876. The zero-order valence-corrected chi connectivity index (χ0v) is 11.2. The Labute approximate surface area is 110 Å². The molecule has 0 saturated carbocycles. The number of aliphatic hydroxyl groups is 1. The number of halogens is 3. The van der Waals surface area contributed by atoms with Crippen molar-refractivity contribution in [1.82, 2.24) is 0 Å². The van der Waals surface area contributed by atoms with Crippen molar-refractivity contribution in [3.05, 3.63) is 35.1 Å². The summed E-state index contributed by atoms with van der Waals surface area (Å²) < 4.78 is 61.8. The van der Waals surface area contributed by atoms with Crippen LogP contribution in [-0.4, -0.2) is 25.0 Å². The third-order valence-corrected chi connectivity index (χ3v) is 4.54. The number of sulfone groups is 1. The van der Waals surface area contributed by atoms with Crippen LogP contribution in [0, 0.1) is 17.5 Å². The molecule has 0 heterocycles. The maximum Gasteiger partial charge on any atom is 0.150 e. The fourth-order valence-corrected chi connectivity index (χ4v) is 2.55. The molecule has 0 aromatic heterocycles. The predicted molar refractivity (Wildman–Crippen MR) is 64.8 cm³/mol. The Hall–Kier alpha value is -1.08. The van der Waals surface area contributed by atoms with E-state index in [1.807, 2.05) is 0 Å². The summed E-state index contributed by atoms with van der Waals surface area (Å²) in [7, 11) is -3.18. The summed E-state index contributed by atoms with van der Waals surface area (Å²) in [6.45, 7) is 1.49. The Kier molecular flexibility index (Phi) is 5.37. The molecule has 0 radical (unpaired) electrons. The SMILES string of the molecule is CCS(=O)(=O)CCCC(O)c1c(F)cc(F)cc1F. The molecule has 108 valence electrons. The first kappa shape index (κ1) is 16.0. The molecule has 19 heavy (non-hydrogen) atoms. The highest BCUT2D eigenvalue weighted by molar-refractivity contribution is 7.91. The van der Waals surface area contributed by atoms with E-state index in [0.717, 1.165) is 0 Å². The van der Waals surface area contributed by atoms with Crippen LogP contribution in [0.4, 0.5) is 13.2 Å². The van der Waals surface area contributed by atoms with Crippen molar-refractivity contribution in [3.63, 3.8) is 0 Å². The molecule has 0 aliphatic heterocycles. The molecule has 0 spiro atoms. The summed E-state index contributed by atoms with van der Waals surface area (Å²) in [5.74, 6) is -3.61. The molecule has 1 N–H and O–H groups in total. The van der Waals surface area contributed by atoms with Gasteiger partial charge in [-0.25, -0.2) is 21.6 Å². The zero-order chi connectivity index (χ0) is 14.6. The van der Waals surface area contributed by atoms with Gasteiger partial charge in [0.05, 0.1) is 17.4 Å². The Bertz CT molecular complexity index is 520. The van der Waals surface area contributed by atoms with E-state index >= 15 is 0 Å². The lowest BCUT2D eigenvalue weighted by molar-refractivity contribution is 0.157. The topological polar surface area (TPSA) is 54.4 Å². The average molecular weight is 296 g/mol. The van der Waals surface area contributed by atoms with Crippen LogP contribution in [0.3, 0.4) is 0 Å². The maximum atomic E-state index is 13.3. The number of hydrogen-bond donors (Lipinski definition) is 1. The molecule has 0 aliphatic rings. The third kappa shape index (κ3) is 4.50. The first-order valence-electron chi connectivity index (χ1n) is 5.79. The van der Waals surface area contributed by atoms with Crippen molar-refractivity contribution in [3.8, 4) is 0 Å². The first-order valence-corrected chi connectivity index (χ1v) is 7.62. The van der Waals surface area contributed by atoms with Crippen LogP contribution in [0.5, 0.6) is 0 Å². The Morgan fingerprint density at radius 3 is 2.21 bits per heavy atom. The van der Waals surface area contributed by atoms with Crippen LogP contribution in [0.25, 0.3) is 0 Å². The molecule has 1 aromatic carbocycles. The van der Waals surface area contributed by atoms with Crippen LogP contribution in [0.15, 0.2) is 12.1 Å². The van der Waals surface area contributed by atoms with Gasteiger partial charge in [-0.1, -0.05) is 6.92 Å². The van der Waals surface area contributed by atoms with Crippen LogP contribution in [-0.2, 0) is 9.84 Å². The summed E-state index contributed by atoms with van der Waals surface area (Å²) in [6, 6.07) is 0.953. The van der Waals surface area contributed by atoms with Crippen LogP contribution < -0.4 is 0 Å². The smallest absolute Gasteiger partial charge is 0.150 e. The summed E-state index contributed by atoms with van der Waals surface area (Å²) in [4.78, 5) is 0. The van der Waals surface area contributed by atoms with Gasteiger partial charge in [0, 0.05) is 17.9 Å². The molecular formula is C12H15F3O3S. The van der Waals surface area contributed by atoms with Crippen molar-refractivity contribution < 1.29 is 26.7 Å². The van der Waals surface area contributed by atoms with Gasteiger partial charge in [0.2, 0.25) is 0 Å². The fourth-order valence-electron chi connectivity index (χ4n) is 1.66. The predicted octanol–water partition coefficient (Wildman–Crippen LogP) is 2.35. The average Bonchev–Trinajstić information content (AvgIpc) is 2.27. The molecule has 1 unspecified atom stereocenters. The minimum absolute atomic E-state index is 0.0254. The summed E-state index contributed by atoms with van der Waals surface area (Å²) >= 11 is 0. The van der Waals surface area contributed by atoms with Crippen LogP contribution >= 0.6 is 0 Å². The lowest BCUT2D eigenvalue weighted by atomic mass is 10.0. The molecule has 1 atom stereocenters. The van der Waals surface area contributed by atoms with E-state index in [1.54, 1.807) is 0 Å². The molecule has 7 heteroatoms. The second-order valence-corrected chi connectivity index (χ2v) is 6.65. The van der Waals surface area contributed by atoms with Gasteiger partial charge in [0.25, 0.3) is 0 Å². The standard InChI is InChI=1S/C12H15F3O3S/c1-2-19(17,18)5-3-4-11(16)12-9(14)6-8(13)7-10(12)15/h6-7,11,16H,2-5H2,1H3. The highest BCUT2D eigenvalue weighted by atomic mass is 32.2. The van der Waals surface area contributed by atoms with Crippen molar-refractivity contribution in [2.24, 2.45) is 0 Å². The van der Waals surface area contributed by atoms with Gasteiger partial charge in [-0.3, -0.25) is 0 Å². The molecule has 1 aromatic rings. The van der Waals surface area contributed by atoms with Gasteiger partial charge in [0.1, 0.15) is 27.3 Å². The maximum absolute atomic E-state index is 13.3. The minimum atomic E-state index is -3.18. The molecule has 0 bridgehead atoms. The lowest BCUT2D eigenvalue weighted by Gasteiger charge is -2.13. The van der Waals surface area contributed by atoms with Crippen molar-refractivity contribution in [2.75, 3.05) is 11.5 Å². The van der Waals surface area contributed by atoms with Crippen molar-refractivity contribution >= 4 is 9.84 Å². The minimum Gasteiger partial charge on any atom is -0.388 e. The number of rotatable bonds is 6. The number of hydrogen-bond acceptors (Lipinski definition) is 3. The van der Waals surface area contributed by atoms with E-state index in [4.69, 9.17) is 0 Å². The van der Waals surface area contributed by atoms with Crippen LogP contribution in [0.2, 0.25) is 0 Å². The Morgan fingerprint density at radius 2 is 1.74 bits per heavy atom. The van der Waals surface area contributed by atoms with Gasteiger partial charge in [-0.05, 0) is 12.8 Å². The van der Waals surface area contributed by atoms with Crippen LogP contribution in [0.1, 0.15) is 31.4 Å². The number of benzene rings is 1. The summed E-state index contributed by atoms with van der Waals surface area (Å²) in [5.41, 5.74) is -0.629. The van der Waals surface area contributed by atoms with Gasteiger partial charge < -0.3 is 5.11 Å². The third-order valence-electron chi connectivity index (χ3n) is 2.75. The van der Waals surface area contributed by atoms with Gasteiger partial charge in [-0.2, -0.15) is 0 Å². The Balaban J connectivity index is 2.72. The highest BCUT2D eigenvalue weighted by Crippen LogP contribution is 2.25. The van der Waals surface area contributed by atoms with Gasteiger partial charge >= 0.3 is 0 Å². The second kappa shape index (κ2) is 6.38. The van der Waals surface area contributed by atoms with E-state index in [9.17, 15) is 26.7 Å².